The molecule has 1 aromatic heterocycles. The van der Waals surface area contributed by atoms with Crippen molar-refractivity contribution in [3.8, 4) is 11.8 Å². The van der Waals surface area contributed by atoms with Gasteiger partial charge in [0.2, 0.25) is 5.95 Å². The van der Waals surface area contributed by atoms with Crippen LogP contribution in [0.4, 0.5) is 5.95 Å². The molecule has 0 saturated carbocycles. The van der Waals surface area contributed by atoms with Crippen molar-refractivity contribution in [2.24, 2.45) is 7.05 Å². The first-order chi connectivity index (χ1) is 9.15. The van der Waals surface area contributed by atoms with Gasteiger partial charge in [0, 0.05) is 18.4 Å². The molecule has 0 saturated heterocycles. The molecule has 19 heavy (non-hydrogen) atoms. The number of nitriles is 1. The quantitative estimate of drug-likeness (QED) is 0.852. The van der Waals surface area contributed by atoms with E-state index in [9.17, 15) is 0 Å². The van der Waals surface area contributed by atoms with E-state index in [1.54, 1.807) is 30.9 Å². The van der Waals surface area contributed by atoms with E-state index in [4.69, 9.17) is 15.7 Å². The van der Waals surface area contributed by atoms with E-state index in [2.05, 4.69) is 16.3 Å². The van der Waals surface area contributed by atoms with Gasteiger partial charge < -0.3 is 10.5 Å². The number of rotatable bonds is 4. The van der Waals surface area contributed by atoms with Crippen molar-refractivity contribution in [1.29, 1.82) is 5.26 Å². The number of benzene rings is 1. The molecule has 0 fully saturated rings. The summed E-state index contributed by atoms with van der Waals surface area (Å²) >= 11 is 1.49. The van der Waals surface area contributed by atoms with E-state index >= 15 is 0 Å². The van der Waals surface area contributed by atoms with Gasteiger partial charge in [0.15, 0.2) is 5.16 Å². The third-order valence-electron chi connectivity index (χ3n) is 2.63. The Hall–Kier alpha value is -2.20. The molecule has 0 radical (unpaired) electrons. The predicted octanol–water partition coefficient (Wildman–Crippen LogP) is 1.57. The second-order valence-electron chi connectivity index (χ2n) is 3.83. The molecule has 0 spiro atoms. The lowest BCUT2D eigenvalue weighted by Gasteiger charge is -2.08. The molecule has 0 aliphatic carbocycles. The van der Waals surface area contributed by atoms with Crippen molar-refractivity contribution in [1.82, 2.24) is 14.8 Å². The van der Waals surface area contributed by atoms with E-state index in [0.717, 1.165) is 16.5 Å². The Morgan fingerprint density at radius 1 is 1.47 bits per heavy atom. The zero-order chi connectivity index (χ0) is 13.8. The van der Waals surface area contributed by atoms with Crippen molar-refractivity contribution in [2.75, 3.05) is 12.8 Å². The van der Waals surface area contributed by atoms with Gasteiger partial charge in [-0.05, 0) is 18.2 Å². The van der Waals surface area contributed by atoms with E-state index in [0.29, 0.717) is 17.3 Å². The summed E-state index contributed by atoms with van der Waals surface area (Å²) < 4.78 is 6.99. The molecule has 1 aromatic carbocycles. The number of methoxy groups -OCH3 is 1. The van der Waals surface area contributed by atoms with Gasteiger partial charge in [0.1, 0.15) is 5.75 Å². The highest BCUT2D eigenvalue weighted by atomic mass is 32.2. The van der Waals surface area contributed by atoms with Crippen LogP contribution in [-0.2, 0) is 12.8 Å². The third kappa shape index (κ3) is 2.80. The first-order valence-electron chi connectivity index (χ1n) is 5.50. The Labute approximate surface area is 115 Å². The van der Waals surface area contributed by atoms with Crippen molar-refractivity contribution in [3.63, 3.8) is 0 Å². The maximum absolute atomic E-state index is 8.92. The van der Waals surface area contributed by atoms with Gasteiger partial charge >= 0.3 is 0 Å². The Kier molecular flexibility index (Phi) is 3.92. The van der Waals surface area contributed by atoms with Crippen LogP contribution in [0.5, 0.6) is 5.75 Å². The van der Waals surface area contributed by atoms with Gasteiger partial charge in [0.25, 0.3) is 0 Å². The number of nitrogens with two attached hydrogens (primary N) is 1. The largest absolute Gasteiger partial charge is 0.496 e. The molecule has 2 aromatic rings. The summed E-state index contributed by atoms with van der Waals surface area (Å²) in [7, 11) is 3.41. The lowest BCUT2D eigenvalue weighted by atomic mass is 10.1. The predicted molar refractivity (Wildman–Crippen MR) is 72.7 cm³/mol. The fraction of sp³-hybridized carbons (Fsp3) is 0.250. The third-order valence-corrected chi connectivity index (χ3v) is 3.70. The lowest BCUT2D eigenvalue weighted by Crippen LogP contribution is -1.98. The summed E-state index contributed by atoms with van der Waals surface area (Å²) in [6.07, 6.45) is 0. The van der Waals surface area contributed by atoms with Crippen LogP contribution in [0.3, 0.4) is 0 Å². The summed E-state index contributed by atoms with van der Waals surface area (Å²) in [5.41, 5.74) is 7.16. The Morgan fingerprint density at radius 2 is 2.26 bits per heavy atom. The molecular formula is C12H13N5OS. The zero-order valence-electron chi connectivity index (χ0n) is 10.6. The summed E-state index contributed by atoms with van der Waals surface area (Å²) in [6, 6.07) is 7.45. The van der Waals surface area contributed by atoms with Gasteiger partial charge in [-0.15, -0.1) is 10.2 Å². The van der Waals surface area contributed by atoms with Crippen molar-refractivity contribution < 1.29 is 4.74 Å². The van der Waals surface area contributed by atoms with E-state index in [-0.39, 0.29) is 0 Å². The van der Waals surface area contributed by atoms with Gasteiger partial charge in [-0.25, -0.2) is 0 Å². The van der Waals surface area contributed by atoms with Gasteiger partial charge in [-0.2, -0.15) is 5.26 Å². The fourth-order valence-corrected chi connectivity index (χ4v) is 2.45. The Bertz CT molecular complexity index is 632. The standard InChI is InChI=1S/C12H13N5OS/c1-17-11(14)15-16-12(17)19-7-9-5-8(6-13)3-4-10(9)18-2/h3-5H,7H2,1-2H3,(H2,14,15). The van der Waals surface area contributed by atoms with Crippen molar-refractivity contribution >= 4 is 17.7 Å². The van der Waals surface area contributed by atoms with Crippen LogP contribution in [0, 0.1) is 11.3 Å². The van der Waals surface area contributed by atoms with Crippen LogP contribution in [0.25, 0.3) is 0 Å². The highest BCUT2D eigenvalue weighted by Crippen LogP contribution is 2.28. The Morgan fingerprint density at radius 3 is 2.84 bits per heavy atom. The van der Waals surface area contributed by atoms with Crippen LogP contribution < -0.4 is 10.5 Å². The molecule has 0 unspecified atom stereocenters. The second kappa shape index (κ2) is 5.63. The minimum absolute atomic E-state index is 0.375. The number of aromatic nitrogens is 3. The number of hydrogen-bond acceptors (Lipinski definition) is 6. The zero-order valence-corrected chi connectivity index (χ0v) is 11.4. The maximum Gasteiger partial charge on any atom is 0.222 e. The SMILES string of the molecule is COc1ccc(C#N)cc1CSc1nnc(N)n1C. The minimum Gasteiger partial charge on any atom is -0.496 e. The smallest absolute Gasteiger partial charge is 0.222 e. The average Bonchev–Trinajstić information content (AvgIpc) is 2.76. The molecule has 2 N–H and O–H groups in total. The fourth-order valence-electron chi connectivity index (χ4n) is 1.56. The molecule has 98 valence electrons. The van der Waals surface area contributed by atoms with Crippen LogP contribution >= 0.6 is 11.8 Å². The van der Waals surface area contributed by atoms with Crippen molar-refractivity contribution in [3.05, 3.63) is 29.3 Å². The molecule has 0 bridgehead atoms. The number of nitrogen functional groups attached to an aromatic ring is 1. The minimum atomic E-state index is 0.375. The molecule has 0 atom stereocenters. The molecule has 0 amide bonds. The summed E-state index contributed by atoms with van der Waals surface area (Å²) in [5.74, 6) is 1.76. The first-order valence-corrected chi connectivity index (χ1v) is 6.49. The normalized spacial score (nSPS) is 10.2. The second-order valence-corrected chi connectivity index (χ2v) is 4.77. The van der Waals surface area contributed by atoms with Crippen molar-refractivity contribution in [2.45, 2.75) is 10.9 Å². The number of thioether (sulfide) groups is 1. The van der Waals surface area contributed by atoms with Gasteiger partial charge in [-0.3, -0.25) is 4.57 Å². The number of anilines is 1. The van der Waals surface area contributed by atoms with Crippen LogP contribution in [0.2, 0.25) is 0 Å². The average molecular weight is 275 g/mol. The summed E-state index contributed by atoms with van der Waals surface area (Å²) in [4.78, 5) is 0. The molecule has 6 nitrogen and oxygen atoms in total. The van der Waals surface area contributed by atoms with Gasteiger partial charge in [-0.1, -0.05) is 11.8 Å². The molecule has 2 rings (SSSR count). The summed E-state index contributed by atoms with van der Waals surface area (Å²) in [5, 5.41) is 17.4. The first kappa shape index (κ1) is 13.2. The summed E-state index contributed by atoms with van der Waals surface area (Å²) in [6.45, 7) is 0. The molecule has 7 heteroatoms. The molecule has 0 aliphatic heterocycles. The van der Waals surface area contributed by atoms with Gasteiger partial charge in [0.05, 0.1) is 18.7 Å². The van der Waals surface area contributed by atoms with Crippen LogP contribution in [0.1, 0.15) is 11.1 Å². The molecular weight excluding hydrogens is 262 g/mol. The van der Waals surface area contributed by atoms with E-state index in [1.165, 1.54) is 11.8 Å². The highest BCUT2D eigenvalue weighted by Gasteiger charge is 2.09. The van der Waals surface area contributed by atoms with Crippen LogP contribution in [0.15, 0.2) is 23.4 Å². The van der Waals surface area contributed by atoms with Crippen LogP contribution in [-0.4, -0.2) is 21.9 Å². The van der Waals surface area contributed by atoms with E-state index in [1.807, 2.05) is 6.07 Å². The maximum atomic E-state index is 8.92. The van der Waals surface area contributed by atoms with E-state index < -0.39 is 0 Å². The topological polar surface area (TPSA) is 89.8 Å². The molecule has 1 heterocycles. The number of ether oxygens (including phenoxy) is 1. The monoisotopic (exact) mass is 275 g/mol. The highest BCUT2D eigenvalue weighted by molar-refractivity contribution is 7.98. The number of hydrogen-bond donors (Lipinski definition) is 1. The molecule has 0 aliphatic rings. The Balaban J connectivity index is 2.19. The lowest BCUT2D eigenvalue weighted by molar-refractivity contribution is 0.411. The number of nitrogens with zero attached hydrogens (tertiary/aromatic N) is 4.